The van der Waals surface area contributed by atoms with Crippen molar-refractivity contribution in [2.24, 2.45) is 0 Å². The first-order valence-corrected chi connectivity index (χ1v) is 10.8. The maximum Gasteiger partial charge on any atom is 0.288 e. The lowest BCUT2D eigenvalue weighted by Gasteiger charge is -2.32. The molecule has 0 bridgehead atoms. The SMILES string of the molecule is O=C(C1=CC(c2ccccc2)CC(OCCOCCO)O1)N1CCCCCCC1. The van der Waals surface area contributed by atoms with Crippen molar-refractivity contribution in [1.82, 2.24) is 4.90 Å². The van der Waals surface area contributed by atoms with Crippen LogP contribution in [-0.2, 0) is 19.0 Å². The molecule has 6 nitrogen and oxygen atoms in total. The highest BCUT2D eigenvalue weighted by Gasteiger charge is 2.31. The molecule has 0 aliphatic carbocycles. The molecule has 0 saturated carbocycles. The van der Waals surface area contributed by atoms with E-state index in [2.05, 4.69) is 12.1 Å². The number of likely N-dealkylation sites (tertiary alicyclic amines) is 1. The van der Waals surface area contributed by atoms with Gasteiger partial charge in [-0.2, -0.15) is 0 Å². The topological polar surface area (TPSA) is 68.2 Å². The molecule has 29 heavy (non-hydrogen) atoms. The van der Waals surface area contributed by atoms with Gasteiger partial charge in [-0.1, -0.05) is 49.6 Å². The number of ether oxygens (including phenoxy) is 3. The Morgan fingerprint density at radius 1 is 1.03 bits per heavy atom. The fourth-order valence-electron chi connectivity index (χ4n) is 3.85. The van der Waals surface area contributed by atoms with Crippen molar-refractivity contribution in [2.75, 3.05) is 39.5 Å². The summed E-state index contributed by atoms with van der Waals surface area (Å²) in [4.78, 5) is 15.1. The third-order valence-electron chi connectivity index (χ3n) is 5.41. The summed E-state index contributed by atoms with van der Waals surface area (Å²) >= 11 is 0. The molecule has 0 radical (unpaired) electrons. The van der Waals surface area contributed by atoms with E-state index in [1.807, 2.05) is 29.2 Å². The van der Waals surface area contributed by atoms with Crippen molar-refractivity contribution in [1.29, 1.82) is 0 Å². The van der Waals surface area contributed by atoms with Gasteiger partial charge in [0.05, 0.1) is 26.4 Å². The molecule has 0 aromatic heterocycles. The Labute approximate surface area is 173 Å². The molecule has 160 valence electrons. The van der Waals surface area contributed by atoms with Gasteiger partial charge in [0.25, 0.3) is 5.91 Å². The van der Waals surface area contributed by atoms with Gasteiger partial charge in [-0.15, -0.1) is 0 Å². The quantitative estimate of drug-likeness (QED) is 0.675. The Morgan fingerprint density at radius 2 is 1.76 bits per heavy atom. The number of allylic oxidation sites excluding steroid dienone is 1. The normalized spacial score (nSPS) is 22.9. The summed E-state index contributed by atoms with van der Waals surface area (Å²) in [5, 5.41) is 8.79. The zero-order chi connectivity index (χ0) is 20.3. The van der Waals surface area contributed by atoms with Gasteiger partial charge in [0.15, 0.2) is 5.76 Å². The standard InChI is InChI=1S/C23H33NO5/c25-13-14-27-15-16-28-22-18-20(19-9-5-4-6-10-19)17-21(29-22)23(26)24-11-7-2-1-3-8-12-24/h4-6,9-10,17,20,22,25H,1-3,7-8,11-16,18H2. The molecule has 6 heteroatoms. The smallest absolute Gasteiger partial charge is 0.288 e. The minimum absolute atomic E-state index is 0.00671. The highest BCUT2D eigenvalue weighted by Crippen LogP contribution is 2.32. The number of rotatable bonds is 8. The Balaban J connectivity index is 1.68. The molecular weight excluding hydrogens is 370 g/mol. The number of carbonyl (C=O) groups is 1. The highest BCUT2D eigenvalue weighted by molar-refractivity contribution is 5.91. The molecule has 3 rings (SSSR count). The average Bonchev–Trinajstić information content (AvgIpc) is 2.73. The van der Waals surface area contributed by atoms with Crippen LogP contribution in [-0.4, -0.2) is 61.7 Å². The summed E-state index contributed by atoms with van der Waals surface area (Å²) < 4.78 is 17.1. The third kappa shape index (κ3) is 6.84. The molecule has 2 unspecified atom stereocenters. The van der Waals surface area contributed by atoms with Gasteiger partial charge in [-0.3, -0.25) is 4.79 Å². The van der Waals surface area contributed by atoms with Gasteiger partial charge >= 0.3 is 0 Å². The number of carbonyl (C=O) groups excluding carboxylic acids is 1. The van der Waals surface area contributed by atoms with Crippen LogP contribution in [0.4, 0.5) is 0 Å². The minimum atomic E-state index is -0.489. The number of aliphatic hydroxyl groups excluding tert-OH is 1. The second kappa shape index (κ2) is 12.0. The molecule has 0 spiro atoms. The zero-order valence-electron chi connectivity index (χ0n) is 17.1. The third-order valence-corrected chi connectivity index (χ3v) is 5.41. The zero-order valence-corrected chi connectivity index (χ0v) is 17.1. The summed E-state index contributed by atoms with van der Waals surface area (Å²) in [7, 11) is 0. The lowest BCUT2D eigenvalue weighted by molar-refractivity contribution is -0.156. The Hall–Kier alpha value is -1.89. The number of hydrogen-bond donors (Lipinski definition) is 1. The van der Waals surface area contributed by atoms with Gasteiger partial charge < -0.3 is 24.2 Å². The van der Waals surface area contributed by atoms with Crippen LogP contribution in [0.2, 0.25) is 0 Å². The molecule has 2 heterocycles. The van der Waals surface area contributed by atoms with Crippen molar-refractivity contribution < 1.29 is 24.1 Å². The summed E-state index contributed by atoms with van der Waals surface area (Å²) in [5.74, 6) is 0.437. The summed E-state index contributed by atoms with van der Waals surface area (Å²) in [6, 6.07) is 10.2. The Morgan fingerprint density at radius 3 is 2.48 bits per heavy atom. The van der Waals surface area contributed by atoms with Crippen LogP contribution in [0.25, 0.3) is 0 Å². The maximum atomic E-state index is 13.2. The van der Waals surface area contributed by atoms with E-state index in [0.29, 0.717) is 32.0 Å². The van der Waals surface area contributed by atoms with Crippen molar-refractivity contribution in [3.05, 3.63) is 47.7 Å². The molecular formula is C23H33NO5. The van der Waals surface area contributed by atoms with E-state index < -0.39 is 6.29 Å². The van der Waals surface area contributed by atoms with Crippen molar-refractivity contribution in [3.8, 4) is 0 Å². The highest BCUT2D eigenvalue weighted by atomic mass is 16.7. The molecule has 1 N–H and O–H groups in total. The van der Waals surface area contributed by atoms with Crippen molar-refractivity contribution >= 4 is 5.91 Å². The minimum Gasteiger partial charge on any atom is -0.459 e. The van der Waals surface area contributed by atoms with Gasteiger partial charge in [0.1, 0.15) is 0 Å². The van der Waals surface area contributed by atoms with Crippen LogP contribution < -0.4 is 0 Å². The summed E-state index contributed by atoms with van der Waals surface area (Å²) in [6.07, 6.45) is 7.82. The van der Waals surface area contributed by atoms with Gasteiger partial charge in [-0.25, -0.2) is 0 Å². The predicted molar refractivity (Wildman–Crippen MR) is 110 cm³/mol. The average molecular weight is 404 g/mol. The number of hydrogen-bond acceptors (Lipinski definition) is 5. The van der Waals surface area contributed by atoms with E-state index in [-0.39, 0.29) is 18.4 Å². The first kappa shape index (κ1) is 21.8. The molecule has 1 saturated heterocycles. The Bertz CT molecular complexity index is 640. The van der Waals surface area contributed by atoms with Crippen molar-refractivity contribution in [3.63, 3.8) is 0 Å². The van der Waals surface area contributed by atoms with Crippen LogP contribution in [0.1, 0.15) is 50.0 Å². The number of aliphatic hydroxyl groups is 1. The van der Waals surface area contributed by atoms with E-state index in [1.165, 1.54) is 19.3 Å². The van der Waals surface area contributed by atoms with E-state index in [1.54, 1.807) is 0 Å². The van der Waals surface area contributed by atoms with Crippen LogP contribution >= 0.6 is 0 Å². The fourth-order valence-corrected chi connectivity index (χ4v) is 3.85. The number of amides is 1. The van der Waals surface area contributed by atoms with Crippen LogP contribution in [0.3, 0.4) is 0 Å². The summed E-state index contributed by atoms with van der Waals surface area (Å²) in [6.45, 7) is 2.60. The van der Waals surface area contributed by atoms with E-state index in [9.17, 15) is 4.79 Å². The second-order valence-electron chi connectivity index (χ2n) is 7.60. The lowest BCUT2D eigenvalue weighted by atomic mass is 9.93. The van der Waals surface area contributed by atoms with Crippen LogP contribution in [0.15, 0.2) is 42.2 Å². The fraction of sp³-hybridized carbons (Fsp3) is 0.609. The van der Waals surface area contributed by atoms with E-state index >= 15 is 0 Å². The summed E-state index contributed by atoms with van der Waals surface area (Å²) in [5.41, 5.74) is 1.15. The first-order valence-electron chi connectivity index (χ1n) is 10.8. The molecule has 1 aromatic rings. The largest absolute Gasteiger partial charge is 0.459 e. The van der Waals surface area contributed by atoms with Gasteiger partial charge in [0.2, 0.25) is 6.29 Å². The van der Waals surface area contributed by atoms with Crippen molar-refractivity contribution in [2.45, 2.75) is 50.7 Å². The molecule has 1 amide bonds. The molecule has 2 atom stereocenters. The predicted octanol–water partition coefficient (Wildman–Crippen LogP) is 3.22. The molecule has 1 fully saturated rings. The lowest BCUT2D eigenvalue weighted by Crippen LogP contribution is -2.38. The number of benzene rings is 1. The van der Waals surface area contributed by atoms with Crippen LogP contribution in [0.5, 0.6) is 0 Å². The van der Waals surface area contributed by atoms with E-state index in [4.69, 9.17) is 19.3 Å². The van der Waals surface area contributed by atoms with Crippen LogP contribution in [0, 0.1) is 0 Å². The molecule has 2 aliphatic heterocycles. The second-order valence-corrected chi connectivity index (χ2v) is 7.60. The van der Waals surface area contributed by atoms with E-state index in [0.717, 1.165) is 31.5 Å². The molecule has 1 aromatic carbocycles. The number of nitrogens with zero attached hydrogens (tertiary/aromatic N) is 1. The molecule has 2 aliphatic rings. The van der Waals surface area contributed by atoms with Gasteiger partial charge in [-0.05, 0) is 24.5 Å². The Kier molecular flexibility index (Phi) is 8.99. The maximum absolute atomic E-state index is 13.2. The first-order chi connectivity index (χ1) is 14.3. The monoisotopic (exact) mass is 403 g/mol. The van der Waals surface area contributed by atoms with Gasteiger partial charge in [0, 0.05) is 25.4 Å².